The molecule has 1 aromatic rings. The molecule has 0 aliphatic carbocycles. The zero-order valence-electron chi connectivity index (χ0n) is 13.8. The molecule has 0 spiro atoms. The number of amides is 1. The zero-order chi connectivity index (χ0) is 17.2. The minimum absolute atomic E-state index is 0.0792. The average molecular weight is 322 g/mol. The molecule has 1 atom stereocenters. The highest BCUT2D eigenvalue weighted by atomic mass is 16.5. The summed E-state index contributed by atoms with van der Waals surface area (Å²) in [6.45, 7) is 2.80. The van der Waals surface area contributed by atoms with Crippen LogP contribution in [0, 0.1) is 0 Å². The Morgan fingerprint density at radius 3 is 2.22 bits per heavy atom. The number of hydrogen-bond donors (Lipinski definition) is 2. The molecule has 0 aromatic heterocycles. The Labute approximate surface area is 137 Å². The second-order valence-corrected chi connectivity index (χ2v) is 5.56. The van der Waals surface area contributed by atoms with E-state index in [1.54, 1.807) is 7.11 Å². The van der Waals surface area contributed by atoms with Gasteiger partial charge in [-0.3, -0.25) is 9.59 Å². The van der Waals surface area contributed by atoms with Gasteiger partial charge in [-0.15, -0.1) is 0 Å². The highest BCUT2D eigenvalue weighted by molar-refractivity contribution is 5.82. The largest absolute Gasteiger partial charge is 0.497 e. The maximum atomic E-state index is 12.2. The summed E-state index contributed by atoms with van der Waals surface area (Å²) >= 11 is 0. The summed E-state index contributed by atoms with van der Waals surface area (Å²) in [5.74, 6) is 0.0650. The van der Waals surface area contributed by atoms with Gasteiger partial charge in [-0.2, -0.15) is 0 Å². The fourth-order valence-electron chi connectivity index (χ4n) is 2.45. The van der Waals surface area contributed by atoms with Gasteiger partial charge in [0.15, 0.2) is 0 Å². The summed E-state index contributed by atoms with van der Waals surface area (Å²) in [6.07, 6.45) is 4.00. The van der Waals surface area contributed by atoms with E-state index in [0.717, 1.165) is 44.2 Å². The lowest BCUT2D eigenvalue weighted by atomic mass is 10.0. The van der Waals surface area contributed by atoms with Crippen LogP contribution in [-0.4, -0.2) is 48.1 Å². The minimum Gasteiger partial charge on any atom is -0.497 e. The zero-order valence-corrected chi connectivity index (χ0v) is 13.8. The SMILES string of the molecule is CC(=O)O.COc1ccc(CC(N)C(=O)N2CCCCC2)cc1. The summed E-state index contributed by atoms with van der Waals surface area (Å²) in [5.41, 5.74) is 7.10. The van der Waals surface area contributed by atoms with Crippen molar-refractivity contribution in [2.75, 3.05) is 20.2 Å². The monoisotopic (exact) mass is 322 g/mol. The predicted molar refractivity (Wildman–Crippen MR) is 88.4 cm³/mol. The van der Waals surface area contributed by atoms with Crippen molar-refractivity contribution in [2.45, 2.75) is 38.6 Å². The van der Waals surface area contributed by atoms with Crippen LogP contribution in [0.1, 0.15) is 31.7 Å². The fourth-order valence-corrected chi connectivity index (χ4v) is 2.45. The molecule has 1 aliphatic heterocycles. The first-order valence-electron chi connectivity index (χ1n) is 7.81. The Kier molecular flexibility index (Phi) is 8.11. The van der Waals surface area contributed by atoms with Crippen LogP contribution < -0.4 is 10.5 Å². The van der Waals surface area contributed by atoms with Crippen molar-refractivity contribution in [1.82, 2.24) is 4.90 Å². The molecule has 1 aromatic carbocycles. The van der Waals surface area contributed by atoms with Crippen molar-refractivity contribution < 1.29 is 19.4 Å². The van der Waals surface area contributed by atoms with Gasteiger partial charge >= 0.3 is 0 Å². The molecular formula is C17H26N2O4. The fraction of sp³-hybridized carbons (Fsp3) is 0.529. The van der Waals surface area contributed by atoms with Crippen molar-refractivity contribution in [3.05, 3.63) is 29.8 Å². The molecule has 23 heavy (non-hydrogen) atoms. The van der Waals surface area contributed by atoms with Gasteiger partial charge in [0.1, 0.15) is 5.75 Å². The number of carbonyl (C=O) groups is 2. The first-order valence-corrected chi connectivity index (χ1v) is 7.81. The summed E-state index contributed by atoms with van der Waals surface area (Å²) in [6, 6.07) is 7.28. The molecule has 3 N–H and O–H groups in total. The van der Waals surface area contributed by atoms with Crippen molar-refractivity contribution in [2.24, 2.45) is 5.73 Å². The Balaban J connectivity index is 0.000000593. The number of aliphatic carboxylic acids is 1. The van der Waals surface area contributed by atoms with Crippen molar-refractivity contribution >= 4 is 11.9 Å². The summed E-state index contributed by atoms with van der Waals surface area (Å²) in [7, 11) is 1.64. The van der Waals surface area contributed by atoms with E-state index in [-0.39, 0.29) is 5.91 Å². The van der Waals surface area contributed by atoms with Crippen molar-refractivity contribution in [1.29, 1.82) is 0 Å². The Morgan fingerprint density at radius 1 is 1.22 bits per heavy atom. The molecule has 1 heterocycles. The number of rotatable bonds is 4. The van der Waals surface area contributed by atoms with Crippen LogP contribution in [0.2, 0.25) is 0 Å². The number of nitrogens with two attached hydrogens (primary N) is 1. The second kappa shape index (κ2) is 9.84. The summed E-state index contributed by atoms with van der Waals surface area (Å²) < 4.78 is 5.11. The number of nitrogens with zero attached hydrogens (tertiary/aromatic N) is 1. The summed E-state index contributed by atoms with van der Waals surface area (Å²) in [5, 5.41) is 7.42. The number of methoxy groups -OCH3 is 1. The standard InChI is InChI=1S/C15H22N2O2.C2H4O2/c1-19-13-7-5-12(6-8-13)11-14(16)15(18)17-9-3-2-4-10-17;1-2(3)4/h5-8,14H,2-4,9-11,16H2,1H3;1H3,(H,3,4). The number of piperidine rings is 1. The molecule has 0 radical (unpaired) electrons. The highest BCUT2D eigenvalue weighted by Crippen LogP contribution is 2.14. The van der Waals surface area contributed by atoms with E-state index in [0.29, 0.717) is 6.42 Å². The number of benzene rings is 1. The normalized spacial score (nSPS) is 15.2. The quantitative estimate of drug-likeness (QED) is 0.879. The number of carboxylic acid groups (broad SMARTS) is 1. The van der Waals surface area contributed by atoms with Crippen LogP contribution in [0.3, 0.4) is 0 Å². The molecular weight excluding hydrogens is 296 g/mol. The third-order valence-electron chi connectivity index (χ3n) is 3.60. The van der Waals surface area contributed by atoms with E-state index in [2.05, 4.69) is 0 Å². The maximum Gasteiger partial charge on any atom is 0.300 e. The molecule has 0 saturated carbocycles. The van der Waals surface area contributed by atoms with Crippen LogP contribution >= 0.6 is 0 Å². The molecule has 0 bridgehead atoms. The molecule has 1 amide bonds. The van der Waals surface area contributed by atoms with E-state index in [1.807, 2.05) is 29.2 Å². The van der Waals surface area contributed by atoms with E-state index in [4.69, 9.17) is 20.4 Å². The highest BCUT2D eigenvalue weighted by Gasteiger charge is 2.22. The van der Waals surface area contributed by atoms with Crippen LogP contribution in [0.15, 0.2) is 24.3 Å². The molecule has 1 unspecified atom stereocenters. The third-order valence-corrected chi connectivity index (χ3v) is 3.60. The molecule has 1 saturated heterocycles. The number of ether oxygens (including phenoxy) is 1. The van der Waals surface area contributed by atoms with Crippen LogP contribution in [-0.2, 0) is 16.0 Å². The molecule has 1 fully saturated rings. The van der Waals surface area contributed by atoms with Gasteiger partial charge in [0.2, 0.25) is 5.91 Å². The average Bonchev–Trinajstić information content (AvgIpc) is 2.55. The minimum atomic E-state index is -0.833. The van der Waals surface area contributed by atoms with Gasteiger partial charge < -0.3 is 20.5 Å². The smallest absolute Gasteiger partial charge is 0.300 e. The third kappa shape index (κ3) is 7.15. The van der Waals surface area contributed by atoms with Crippen LogP contribution in [0.25, 0.3) is 0 Å². The first-order chi connectivity index (χ1) is 10.9. The van der Waals surface area contributed by atoms with Gasteiger partial charge in [-0.25, -0.2) is 0 Å². The van der Waals surface area contributed by atoms with Crippen LogP contribution in [0.4, 0.5) is 0 Å². The van der Waals surface area contributed by atoms with Crippen molar-refractivity contribution in [3.63, 3.8) is 0 Å². The lowest BCUT2D eigenvalue weighted by molar-refractivity contribution is -0.134. The summed E-state index contributed by atoms with van der Waals surface area (Å²) in [4.78, 5) is 23.1. The van der Waals surface area contributed by atoms with Gasteiger partial charge in [0.25, 0.3) is 5.97 Å². The van der Waals surface area contributed by atoms with E-state index < -0.39 is 12.0 Å². The molecule has 128 valence electrons. The van der Waals surface area contributed by atoms with E-state index in [9.17, 15) is 4.79 Å². The van der Waals surface area contributed by atoms with Gasteiger partial charge in [-0.1, -0.05) is 12.1 Å². The Morgan fingerprint density at radius 2 is 1.74 bits per heavy atom. The molecule has 6 nitrogen and oxygen atoms in total. The first kappa shape index (κ1) is 19.0. The van der Waals surface area contributed by atoms with Crippen LogP contribution in [0.5, 0.6) is 5.75 Å². The Hall–Kier alpha value is -2.08. The number of hydrogen-bond acceptors (Lipinski definition) is 4. The van der Waals surface area contributed by atoms with Gasteiger partial charge in [-0.05, 0) is 43.4 Å². The van der Waals surface area contributed by atoms with Gasteiger partial charge in [0, 0.05) is 20.0 Å². The maximum absolute atomic E-state index is 12.2. The number of carbonyl (C=O) groups excluding carboxylic acids is 1. The lowest BCUT2D eigenvalue weighted by Gasteiger charge is -2.29. The van der Waals surface area contributed by atoms with E-state index >= 15 is 0 Å². The lowest BCUT2D eigenvalue weighted by Crippen LogP contribution is -2.46. The number of carboxylic acids is 1. The van der Waals surface area contributed by atoms with Gasteiger partial charge in [0.05, 0.1) is 13.2 Å². The molecule has 2 rings (SSSR count). The molecule has 6 heteroatoms. The van der Waals surface area contributed by atoms with E-state index in [1.165, 1.54) is 6.42 Å². The molecule has 1 aliphatic rings. The number of likely N-dealkylation sites (tertiary alicyclic amines) is 1. The van der Waals surface area contributed by atoms with Crippen molar-refractivity contribution in [3.8, 4) is 5.75 Å². The predicted octanol–water partition coefficient (Wildman–Crippen LogP) is 1.67. The topological polar surface area (TPSA) is 92.9 Å². The second-order valence-electron chi connectivity index (χ2n) is 5.56. The Bertz CT molecular complexity index is 492.